The molecular formula is C15H18N4O2. The van der Waals surface area contributed by atoms with Gasteiger partial charge < -0.3 is 10.2 Å². The number of para-hydroxylation sites is 1. The van der Waals surface area contributed by atoms with E-state index in [4.69, 9.17) is 0 Å². The Kier molecular flexibility index (Phi) is 4.37. The van der Waals surface area contributed by atoms with Crippen LogP contribution in [0.3, 0.4) is 0 Å². The number of nitrogens with zero attached hydrogens (tertiary/aromatic N) is 2. The summed E-state index contributed by atoms with van der Waals surface area (Å²) < 4.78 is 0. The van der Waals surface area contributed by atoms with Gasteiger partial charge in [0.05, 0.1) is 17.4 Å². The highest BCUT2D eigenvalue weighted by molar-refractivity contribution is 6.10. The number of amides is 2. The molecule has 0 aliphatic carbocycles. The minimum atomic E-state index is -0.280. The molecule has 2 amide bonds. The fourth-order valence-corrected chi connectivity index (χ4v) is 2.00. The van der Waals surface area contributed by atoms with Crippen molar-refractivity contribution in [2.24, 2.45) is 0 Å². The van der Waals surface area contributed by atoms with Crippen LogP contribution in [0.2, 0.25) is 0 Å². The van der Waals surface area contributed by atoms with E-state index in [0.29, 0.717) is 17.1 Å². The van der Waals surface area contributed by atoms with Gasteiger partial charge in [-0.2, -0.15) is 5.10 Å². The molecule has 1 aromatic heterocycles. The first kappa shape index (κ1) is 14.8. The summed E-state index contributed by atoms with van der Waals surface area (Å²) in [6, 6.07) is 6.98. The Morgan fingerprint density at radius 2 is 2.05 bits per heavy atom. The van der Waals surface area contributed by atoms with Crippen LogP contribution in [0.15, 0.2) is 30.5 Å². The van der Waals surface area contributed by atoms with Crippen LogP contribution < -0.4 is 10.2 Å². The molecule has 0 aliphatic heterocycles. The zero-order valence-corrected chi connectivity index (χ0v) is 12.3. The number of nitrogens with one attached hydrogen (secondary N) is 2. The predicted octanol–water partition coefficient (Wildman–Crippen LogP) is 2.21. The fourth-order valence-electron chi connectivity index (χ4n) is 2.00. The third-order valence-corrected chi connectivity index (χ3v) is 3.32. The van der Waals surface area contributed by atoms with Gasteiger partial charge in [-0.25, -0.2) is 0 Å². The number of carbonyl (C=O) groups excluding carboxylic acids is 2. The summed E-state index contributed by atoms with van der Waals surface area (Å²) in [5.74, 6) is 0.173. The third kappa shape index (κ3) is 3.10. The van der Waals surface area contributed by atoms with Gasteiger partial charge in [-0.15, -0.1) is 0 Å². The fraction of sp³-hybridized carbons (Fsp3) is 0.267. The molecule has 1 heterocycles. The average molecular weight is 286 g/mol. The Bertz CT molecular complexity index is 663. The molecule has 0 atom stereocenters. The normalized spacial score (nSPS) is 10.2. The van der Waals surface area contributed by atoms with Crippen molar-refractivity contribution in [1.82, 2.24) is 10.2 Å². The van der Waals surface area contributed by atoms with Crippen LogP contribution in [-0.2, 0) is 11.2 Å². The van der Waals surface area contributed by atoms with E-state index in [2.05, 4.69) is 15.5 Å². The van der Waals surface area contributed by atoms with Crippen molar-refractivity contribution >= 4 is 23.3 Å². The van der Waals surface area contributed by atoms with Crippen LogP contribution in [0.4, 0.5) is 11.5 Å². The first-order valence-electron chi connectivity index (χ1n) is 6.71. The topological polar surface area (TPSA) is 78.1 Å². The van der Waals surface area contributed by atoms with Crippen LogP contribution in [0, 0.1) is 0 Å². The van der Waals surface area contributed by atoms with Gasteiger partial charge in [0.1, 0.15) is 5.82 Å². The lowest BCUT2D eigenvalue weighted by Crippen LogP contribution is -2.26. The number of hydrogen-bond acceptors (Lipinski definition) is 3. The van der Waals surface area contributed by atoms with E-state index in [9.17, 15) is 9.59 Å². The third-order valence-electron chi connectivity index (χ3n) is 3.32. The summed E-state index contributed by atoms with van der Waals surface area (Å²) in [6.07, 6.45) is 2.45. The van der Waals surface area contributed by atoms with Crippen LogP contribution >= 0.6 is 0 Å². The van der Waals surface area contributed by atoms with Gasteiger partial charge >= 0.3 is 0 Å². The van der Waals surface area contributed by atoms with Crippen LogP contribution in [0.5, 0.6) is 0 Å². The molecule has 0 fully saturated rings. The van der Waals surface area contributed by atoms with E-state index in [-0.39, 0.29) is 11.8 Å². The molecule has 2 aromatic rings. The lowest BCUT2D eigenvalue weighted by Gasteiger charge is -2.18. The molecule has 2 N–H and O–H groups in total. The standard InChI is InChI=1S/C15H18N4O2/c1-4-11-9-16-18-14(11)17-15(21)12-7-5-6-8-13(12)19(3)10(2)20/h5-9H,4H2,1-3H3,(H2,16,17,18,21). The molecule has 1 aromatic carbocycles. The number of H-pyrrole nitrogens is 1. The van der Waals surface area contributed by atoms with Crippen molar-refractivity contribution in [3.63, 3.8) is 0 Å². The molecule has 6 nitrogen and oxygen atoms in total. The number of carbonyl (C=O) groups is 2. The average Bonchev–Trinajstić information content (AvgIpc) is 2.93. The number of aromatic amines is 1. The molecule has 6 heteroatoms. The quantitative estimate of drug-likeness (QED) is 0.904. The van der Waals surface area contributed by atoms with E-state index in [0.717, 1.165) is 12.0 Å². The highest BCUT2D eigenvalue weighted by Gasteiger charge is 2.17. The summed E-state index contributed by atoms with van der Waals surface area (Å²) in [6.45, 7) is 3.44. The van der Waals surface area contributed by atoms with Crippen LogP contribution in [0.1, 0.15) is 29.8 Å². The van der Waals surface area contributed by atoms with Gasteiger partial charge in [0.15, 0.2) is 0 Å². The van der Waals surface area contributed by atoms with E-state index in [1.807, 2.05) is 6.92 Å². The number of hydrogen-bond donors (Lipinski definition) is 2. The van der Waals surface area contributed by atoms with Crippen molar-refractivity contribution in [3.8, 4) is 0 Å². The number of anilines is 2. The molecule has 21 heavy (non-hydrogen) atoms. The molecular weight excluding hydrogens is 268 g/mol. The zero-order chi connectivity index (χ0) is 15.4. The summed E-state index contributed by atoms with van der Waals surface area (Å²) >= 11 is 0. The lowest BCUT2D eigenvalue weighted by molar-refractivity contribution is -0.116. The monoisotopic (exact) mass is 286 g/mol. The van der Waals surface area contributed by atoms with Gasteiger partial charge in [-0.05, 0) is 18.6 Å². The van der Waals surface area contributed by atoms with E-state index in [1.54, 1.807) is 37.5 Å². The van der Waals surface area contributed by atoms with Crippen molar-refractivity contribution in [2.75, 3.05) is 17.3 Å². The molecule has 0 aliphatic rings. The molecule has 110 valence electrons. The number of benzene rings is 1. The lowest BCUT2D eigenvalue weighted by atomic mass is 10.1. The van der Waals surface area contributed by atoms with Gasteiger partial charge in [0.25, 0.3) is 5.91 Å². The Balaban J connectivity index is 2.30. The van der Waals surface area contributed by atoms with E-state index in [1.165, 1.54) is 11.8 Å². The molecule has 0 saturated heterocycles. The molecule has 0 bridgehead atoms. The second kappa shape index (κ2) is 6.21. The van der Waals surface area contributed by atoms with E-state index < -0.39 is 0 Å². The van der Waals surface area contributed by atoms with Crippen molar-refractivity contribution in [1.29, 1.82) is 0 Å². The van der Waals surface area contributed by atoms with Crippen molar-refractivity contribution in [2.45, 2.75) is 20.3 Å². The molecule has 0 saturated carbocycles. The summed E-state index contributed by atoms with van der Waals surface area (Å²) in [7, 11) is 1.64. The molecule has 0 spiro atoms. The molecule has 0 radical (unpaired) electrons. The number of aromatic nitrogens is 2. The first-order valence-corrected chi connectivity index (χ1v) is 6.71. The maximum atomic E-state index is 12.4. The second-order valence-electron chi connectivity index (χ2n) is 4.67. The van der Waals surface area contributed by atoms with E-state index >= 15 is 0 Å². The largest absolute Gasteiger partial charge is 0.315 e. The highest BCUT2D eigenvalue weighted by atomic mass is 16.2. The Labute approximate surface area is 123 Å². The number of aryl methyl sites for hydroxylation is 1. The maximum Gasteiger partial charge on any atom is 0.258 e. The van der Waals surface area contributed by atoms with Gasteiger partial charge in [-0.1, -0.05) is 19.1 Å². The smallest absolute Gasteiger partial charge is 0.258 e. The summed E-state index contributed by atoms with van der Waals surface area (Å²) in [5.41, 5.74) is 1.94. The Morgan fingerprint density at radius 1 is 1.33 bits per heavy atom. The maximum absolute atomic E-state index is 12.4. The Morgan fingerprint density at radius 3 is 2.71 bits per heavy atom. The minimum Gasteiger partial charge on any atom is -0.315 e. The molecule has 2 rings (SSSR count). The van der Waals surface area contributed by atoms with Crippen LogP contribution in [0.25, 0.3) is 0 Å². The van der Waals surface area contributed by atoms with Gasteiger partial charge in [0.2, 0.25) is 5.91 Å². The highest BCUT2D eigenvalue weighted by Crippen LogP contribution is 2.21. The number of rotatable bonds is 4. The second-order valence-corrected chi connectivity index (χ2v) is 4.67. The summed E-state index contributed by atoms with van der Waals surface area (Å²) in [4.78, 5) is 25.4. The molecule has 0 unspecified atom stereocenters. The minimum absolute atomic E-state index is 0.133. The zero-order valence-electron chi connectivity index (χ0n) is 12.3. The van der Waals surface area contributed by atoms with Crippen molar-refractivity contribution in [3.05, 3.63) is 41.6 Å². The summed E-state index contributed by atoms with van der Waals surface area (Å²) in [5, 5.41) is 9.48. The first-order chi connectivity index (χ1) is 10.0. The SMILES string of the molecule is CCc1cn[nH]c1NC(=O)c1ccccc1N(C)C(C)=O. The predicted molar refractivity (Wildman–Crippen MR) is 81.4 cm³/mol. The Hall–Kier alpha value is -2.63. The van der Waals surface area contributed by atoms with Crippen molar-refractivity contribution < 1.29 is 9.59 Å². The van der Waals surface area contributed by atoms with Gasteiger partial charge in [0, 0.05) is 19.5 Å². The van der Waals surface area contributed by atoms with Crippen LogP contribution in [-0.4, -0.2) is 29.1 Å². The van der Waals surface area contributed by atoms with Gasteiger partial charge in [-0.3, -0.25) is 14.7 Å².